The van der Waals surface area contributed by atoms with Crippen molar-refractivity contribution in [3.05, 3.63) is 95.6 Å². The molecule has 1 fully saturated rings. The number of anilines is 2. The van der Waals surface area contributed by atoms with Crippen molar-refractivity contribution in [3.63, 3.8) is 0 Å². The van der Waals surface area contributed by atoms with E-state index in [2.05, 4.69) is 11.4 Å². The second-order valence-corrected chi connectivity index (χ2v) is 7.82. The average molecular weight is 382 g/mol. The molecule has 29 heavy (non-hydrogen) atoms. The van der Waals surface area contributed by atoms with Gasteiger partial charge in [-0.2, -0.15) is 0 Å². The monoisotopic (exact) mass is 382 g/mol. The molecule has 2 aliphatic rings. The maximum Gasteiger partial charge on any atom is 0.258 e. The number of carbonyl (C=O) groups excluding carboxylic acids is 2. The summed E-state index contributed by atoms with van der Waals surface area (Å²) >= 11 is 0. The van der Waals surface area contributed by atoms with Crippen molar-refractivity contribution in [2.75, 3.05) is 16.8 Å². The molecular weight excluding hydrogens is 360 g/mol. The van der Waals surface area contributed by atoms with E-state index in [9.17, 15) is 9.59 Å². The first-order valence-electron chi connectivity index (χ1n) is 10.0. The van der Waals surface area contributed by atoms with E-state index in [4.69, 9.17) is 0 Å². The zero-order valence-electron chi connectivity index (χ0n) is 16.1. The van der Waals surface area contributed by atoms with Crippen LogP contribution in [0.1, 0.15) is 34.3 Å². The molecular formula is C25H22N2O2. The van der Waals surface area contributed by atoms with Gasteiger partial charge in [0.05, 0.1) is 5.41 Å². The van der Waals surface area contributed by atoms with Crippen molar-refractivity contribution in [2.24, 2.45) is 0 Å². The average Bonchev–Trinajstić information content (AvgIpc) is 3.48. The Labute approximate surface area is 170 Å². The van der Waals surface area contributed by atoms with Gasteiger partial charge in [0.15, 0.2) is 0 Å². The molecule has 3 aromatic carbocycles. The summed E-state index contributed by atoms with van der Waals surface area (Å²) in [4.78, 5) is 27.6. The van der Waals surface area contributed by atoms with Crippen molar-refractivity contribution >= 4 is 23.2 Å². The fourth-order valence-electron chi connectivity index (χ4n) is 4.18. The maximum atomic E-state index is 12.9. The Kier molecular flexibility index (Phi) is 4.20. The van der Waals surface area contributed by atoms with Crippen LogP contribution in [0.3, 0.4) is 0 Å². The largest absolute Gasteiger partial charge is 0.325 e. The summed E-state index contributed by atoms with van der Waals surface area (Å²) in [5.41, 5.74) is 4.21. The molecule has 0 bridgehead atoms. The Balaban J connectivity index is 1.30. The fourth-order valence-corrected chi connectivity index (χ4v) is 4.18. The lowest BCUT2D eigenvalue weighted by atomic mass is 9.95. The third-order valence-electron chi connectivity index (χ3n) is 6.03. The van der Waals surface area contributed by atoms with E-state index in [1.54, 1.807) is 12.1 Å². The number of hydrogen-bond acceptors (Lipinski definition) is 2. The van der Waals surface area contributed by atoms with Gasteiger partial charge >= 0.3 is 0 Å². The number of amides is 2. The molecule has 0 unspecified atom stereocenters. The van der Waals surface area contributed by atoms with E-state index in [1.807, 2.05) is 65.6 Å². The molecule has 5 rings (SSSR count). The molecule has 144 valence electrons. The van der Waals surface area contributed by atoms with Crippen molar-refractivity contribution in [3.8, 4) is 0 Å². The standard InChI is InChI=1S/C25H22N2O2/c28-23(27-17-14-18-6-4-5-9-22(18)27)19-10-12-21(13-11-19)26-24(29)25(15-16-25)20-7-2-1-3-8-20/h1-13H,14-17H2,(H,26,29). The lowest BCUT2D eigenvalue weighted by Crippen LogP contribution is -2.29. The Morgan fingerprint density at radius 3 is 2.24 bits per heavy atom. The molecule has 1 saturated carbocycles. The Morgan fingerprint density at radius 2 is 1.52 bits per heavy atom. The number of benzene rings is 3. The minimum atomic E-state index is -0.408. The normalized spacial score (nSPS) is 16.2. The predicted octanol–water partition coefficient (Wildman–Crippen LogP) is 4.56. The van der Waals surface area contributed by atoms with Gasteiger partial charge in [-0.1, -0.05) is 48.5 Å². The third-order valence-corrected chi connectivity index (χ3v) is 6.03. The maximum absolute atomic E-state index is 12.9. The Morgan fingerprint density at radius 1 is 0.828 bits per heavy atom. The second kappa shape index (κ2) is 6.89. The lowest BCUT2D eigenvalue weighted by Gasteiger charge is -2.18. The van der Waals surface area contributed by atoms with Gasteiger partial charge in [-0.05, 0) is 60.7 Å². The van der Waals surface area contributed by atoms with Crippen LogP contribution in [0.15, 0.2) is 78.9 Å². The van der Waals surface area contributed by atoms with Crippen LogP contribution in [0, 0.1) is 0 Å². The van der Waals surface area contributed by atoms with Gasteiger partial charge in [-0.15, -0.1) is 0 Å². The van der Waals surface area contributed by atoms with Gasteiger partial charge in [0.1, 0.15) is 0 Å². The predicted molar refractivity (Wildman–Crippen MR) is 114 cm³/mol. The van der Waals surface area contributed by atoms with Crippen molar-refractivity contribution < 1.29 is 9.59 Å². The number of nitrogens with one attached hydrogen (secondary N) is 1. The number of nitrogens with zero attached hydrogens (tertiary/aromatic N) is 1. The summed E-state index contributed by atoms with van der Waals surface area (Å²) in [5, 5.41) is 3.03. The van der Waals surface area contributed by atoms with Crippen molar-refractivity contribution in [1.29, 1.82) is 0 Å². The van der Waals surface area contributed by atoms with Crippen LogP contribution in [0.4, 0.5) is 11.4 Å². The summed E-state index contributed by atoms with van der Waals surface area (Å²) in [6, 6.07) is 25.2. The molecule has 0 aromatic heterocycles. The van der Waals surface area contributed by atoms with Gasteiger partial charge in [-0.25, -0.2) is 0 Å². The summed E-state index contributed by atoms with van der Waals surface area (Å²) < 4.78 is 0. The van der Waals surface area contributed by atoms with E-state index < -0.39 is 5.41 Å². The first-order chi connectivity index (χ1) is 14.2. The molecule has 2 amide bonds. The first kappa shape index (κ1) is 17.7. The van der Waals surface area contributed by atoms with E-state index in [0.29, 0.717) is 12.1 Å². The Hall–Kier alpha value is -3.40. The smallest absolute Gasteiger partial charge is 0.258 e. The zero-order chi connectivity index (χ0) is 19.8. The molecule has 4 heteroatoms. The molecule has 1 heterocycles. The highest BCUT2D eigenvalue weighted by Crippen LogP contribution is 2.48. The van der Waals surface area contributed by atoms with Gasteiger partial charge in [0.25, 0.3) is 5.91 Å². The quantitative estimate of drug-likeness (QED) is 0.719. The van der Waals surface area contributed by atoms with E-state index in [1.165, 1.54) is 5.56 Å². The molecule has 0 saturated heterocycles. The van der Waals surface area contributed by atoms with Crippen LogP contribution in [0.2, 0.25) is 0 Å². The molecule has 0 radical (unpaired) electrons. The van der Waals surface area contributed by atoms with E-state index in [0.717, 1.165) is 36.2 Å². The van der Waals surface area contributed by atoms with Crippen LogP contribution >= 0.6 is 0 Å². The van der Waals surface area contributed by atoms with E-state index in [-0.39, 0.29) is 11.8 Å². The molecule has 4 nitrogen and oxygen atoms in total. The lowest BCUT2D eigenvalue weighted by molar-refractivity contribution is -0.118. The molecule has 1 N–H and O–H groups in total. The Bertz CT molecular complexity index is 1070. The number of rotatable bonds is 4. The van der Waals surface area contributed by atoms with Crippen LogP contribution in [0.25, 0.3) is 0 Å². The number of fused-ring (bicyclic) bond motifs is 1. The van der Waals surface area contributed by atoms with Crippen molar-refractivity contribution in [1.82, 2.24) is 0 Å². The van der Waals surface area contributed by atoms with Gasteiger partial charge < -0.3 is 10.2 Å². The number of para-hydroxylation sites is 1. The van der Waals surface area contributed by atoms with Crippen LogP contribution in [0.5, 0.6) is 0 Å². The summed E-state index contributed by atoms with van der Waals surface area (Å²) in [5.74, 6) is 0.0204. The molecule has 0 atom stereocenters. The van der Waals surface area contributed by atoms with Crippen LogP contribution in [-0.4, -0.2) is 18.4 Å². The minimum Gasteiger partial charge on any atom is -0.325 e. The molecule has 1 aliphatic carbocycles. The summed E-state index contributed by atoms with van der Waals surface area (Å²) in [7, 11) is 0. The SMILES string of the molecule is O=C(c1ccc(NC(=O)C2(c3ccccc3)CC2)cc1)N1CCc2ccccc21. The van der Waals surface area contributed by atoms with Crippen LogP contribution in [-0.2, 0) is 16.6 Å². The molecule has 1 aliphatic heterocycles. The zero-order valence-corrected chi connectivity index (χ0v) is 16.1. The molecule has 0 spiro atoms. The highest BCUT2D eigenvalue weighted by atomic mass is 16.2. The highest BCUT2D eigenvalue weighted by Gasteiger charge is 2.51. The van der Waals surface area contributed by atoms with Gasteiger partial charge in [0, 0.05) is 23.5 Å². The first-order valence-corrected chi connectivity index (χ1v) is 10.0. The minimum absolute atomic E-state index is 0.00391. The van der Waals surface area contributed by atoms with Gasteiger partial charge in [-0.3, -0.25) is 9.59 Å². The topological polar surface area (TPSA) is 49.4 Å². The highest BCUT2D eigenvalue weighted by molar-refractivity contribution is 6.08. The number of hydrogen-bond donors (Lipinski definition) is 1. The van der Waals surface area contributed by atoms with Crippen LogP contribution < -0.4 is 10.2 Å². The second-order valence-electron chi connectivity index (χ2n) is 7.82. The fraction of sp³-hybridized carbons (Fsp3) is 0.200. The molecule has 3 aromatic rings. The third kappa shape index (κ3) is 3.11. The number of carbonyl (C=O) groups is 2. The van der Waals surface area contributed by atoms with E-state index >= 15 is 0 Å². The van der Waals surface area contributed by atoms with Crippen molar-refractivity contribution in [2.45, 2.75) is 24.7 Å². The summed E-state index contributed by atoms with van der Waals surface area (Å²) in [6.07, 6.45) is 2.62. The summed E-state index contributed by atoms with van der Waals surface area (Å²) in [6.45, 7) is 0.705. The van der Waals surface area contributed by atoms with Gasteiger partial charge in [0.2, 0.25) is 5.91 Å².